The van der Waals surface area contributed by atoms with Crippen LogP contribution in [0.5, 0.6) is 0 Å². The van der Waals surface area contributed by atoms with Crippen LogP contribution >= 0.6 is 11.3 Å². The molecule has 0 aliphatic rings. The summed E-state index contributed by atoms with van der Waals surface area (Å²) in [5.41, 5.74) is 6.55. The van der Waals surface area contributed by atoms with Crippen LogP contribution in [0, 0.1) is 12.8 Å². The van der Waals surface area contributed by atoms with E-state index in [1.807, 2.05) is 13.8 Å². The van der Waals surface area contributed by atoms with Crippen molar-refractivity contribution in [3.05, 3.63) is 28.7 Å². The van der Waals surface area contributed by atoms with Crippen LogP contribution < -0.4 is 5.73 Å². The van der Waals surface area contributed by atoms with Crippen LogP contribution in [0.2, 0.25) is 0 Å². The van der Waals surface area contributed by atoms with Gasteiger partial charge in [0.15, 0.2) is 0 Å². The van der Waals surface area contributed by atoms with Crippen LogP contribution in [0.25, 0.3) is 0 Å². The van der Waals surface area contributed by atoms with Crippen LogP contribution in [-0.4, -0.2) is 25.2 Å². The van der Waals surface area contributed by atoms with E-state index in [0.717, 1.165) is 11.3 Å². The Morgan fingerprint density at radius 1 is 1.35 bits per heavy atom. The van der Waals surface area contributed by atoms with Crippen LogP contribution in [0.15, 0.2) is 12.7 Å². The highest BCUT2D eigenvalue weighted by molar-refractivity contribution is 7.18. The predicted molar refractivity (Wildman–Crippen MR) is 79.1 cm³/mol. The molecule has 1 aromatic heterocycles. The third-order valence-corrected chi connectivity index (χ3v) is 3.54. The maximum Gasteiger partial charge on any atom is 0.348 e. The van der Waals surface area contributed by atoms with Crippen molar-refractivity contribution in [3.63, 3.8) is 0 Å². The predicted octanol–water partition coefficient (Wildman–Crippen LogP) is 2.79. The normalized spacial score (nSPS) is 10.4. The van der Waals surface area contributed by atoms with Crippen LogP contribution in [0.3, 0.4) is 0 Å². The van der Waals surface area contributed by atoms with Gasteiger partial charge in [0.1, 0.15) is 16.5 Å². The molecule has 0 aliphatic heterocycles. The first-order valence-corrected chi connectivity index (χ1v) is 7.04. The number of nitrogens with two attached hydrogens (primary N) is 1. The topological polar surface area (TPSA) is 78.6 Å². The lowest BCUT2D eigenvalue weighted by Gasteiger charge is -2.07. The molecule has 110 valence electrons. The van der Waals surface area contributed by atoms with Gasteiger partial charge in [0.25, 0.3) is 0 Å². The van der Waals surface area contributed by atoms with E-state index in [9.17, 15) is 9.59 Å². The van der Waals surface area contributed by atoms with Crippen molar-refractivity contribution in [2.45, 2.75) is 20.8 Å². The van der Waals surface area contributed by atoms with Crippen molar-refractivity contribution < 1.29 is 19.1 Å². The summed E-state index contributed by atoms with van der Waals surface area (Å²) >= 11 is 1.03. The molecule has 0 amide bonds. The van der Waals surface area contributed by atoms with Gasteiger partial charge in [-0.05, 0) is 18.4 Å². The van der Waals surface area contributed by atoms with E-state index in [0.29, 0.717) is 17.0 Å². The number of anilines is 1. The Hall–Kier alpha value is -1.82. The number of esters is 2. The summed E-state index contributed by atoms with van der Waals surface area (Å²) in [4.78, 5) is 24.1. The molecule has 6 heteroatoms. The summed E-state index contributed by atoms with van der Waals surface area (Å²) < 4.78 is 10.1. The molecule has 0 bridgehead atoms. The Kier molecular flexibility index (Phi) is 5.76. The number of thiophene rings is 1. The lowest BCUT2D eigenvalue weighted by atomic mass is 10.1. The maximum atomic E-state index is 12.0. The molecule has 2 N–H and O–H groups in total. The highest BCUT2D eigenvalue weighted by Crippen LogP contribution is 2.31. The van der Waals surface area contributed by atoms with E-state index in [-0.39, 0.29) is 23.1 Å². The Bertz CT molecular complexity index is 519. The van der Waals surface area contributed by atoms with Crippen LogP contribution in [0.4, 0.5) is 5.00 Å². The molecule has 0 fully saturated rings. The lowest BCUT2D eigenvalue weighted by Crippen LogP contribution is -2.12. The van der Waals surface area contributed by atoms with Crippen molar-refractivity contribution in [1.29, 1.82) is 0 Å². The smallest absolute Gasteiger partial charge is 0.348 e. The first-order chi connectivity index (χ1) is 9.38. The summed E-state index contributed by atoms with van der Waals surface area (Å²) in [6.07, 6.45) is 1.47. The van der Waals surface area contributed by atoms with Gasteiger partial charge in [-0.1, -0.05) is 26.5 Å². The van der Waals surface area contributed by atoms with E-state index in [1.54, 1.807) is 6.92 Å². The molecule has 0 aliphatic carbocycles. The minimum atomic E-state index is -0.512. The Morgan fingerprint density at radius 3 is 2.55 bits per heavy atom. The standard InChI is InChI=1S/C14H19NO4S/c1-5-6-18-14(17)11-9(4)10(12(15)20-11)13(16)19-7-8(2)3/h5,8H,1,6-7,15H2,2-4H3. The van der Waals surface area contributed by atoms with E-state index in [1.165, 1.54) is 6.08 Å². The minimum Gasteiger partial charge on any atom is -0.462 e. The van der Waals surface area contributed by atoms with Gasteiger partial charge in [-0.3, -0.25) is 0 Å². The molecule has 5 nitrogen and oxygen atoms in total. The largest absolute Gasteiger partial charge is 0.462 e. The quantitative estimate of drug-likeness (QED) is 0.645. The molecule has 0 unspecified atom stereocenters. The molecule has 0 aromatic carbocycles. The highest BCUT2D eigenvalue weighted by Gasteiger charge is 2.25. The summed E-state index contributed by atoms with van der Waals surface area (Å²) in [6.45, 7) is 9.43. The molecule has 0 spiro atoms. The number of carbonyl (C=O) groups excluding carboxylic acids is 2. The van der Waals surface area contributed by atoms with Crippen molar-refractivity contribution in [3.8, 4) is 0 Å². The highest BCUT2D eigenvalue weighted by atomic mass is 32.1. The van der Waals surface area contributed by atoms with Crippen molar-refractivity contribution in [2.24, 2.45) is 5.92 Å². The van der Waals surface area contributed by atoms with Crippen LogP contribution in [0.1, 0.15) is 39.4 Å². The first-order valence-electron chi connectivity index (χ1n) is 6.22. The number of carbonyl (C=O) groups is 2. The second-order valence-electron chi connectivity index (χ2n) is 4.67. The summed E-state index contributed by atoms with van der Waals surface area (Å²) in [7, 11) is 0. The average Bonchev–Trinajstić information content (AvgIpc) is 2.68. The minimum absolute atomic E-state index is 0.114. The Morgan fingerprint density at radius 2 is 2.00 bits per heavy atom. The third kappa shape index (κ3) is 3.84. The fraction of sp³-hybridized carbons (Fsp3) is 0.429. The molecule has 20 heavy (non-hydrogen) atoms. The summed E-state index contributed by atoms with van der Waals surface area (Å²) in [6, 6.07) is 0. The van der Waals surface area contributed by atoms with Crippen molar-refractivity contribution >= 4 is 28.3 Å². The molecule has 0 saturated carbocycles. The first kappa shape index (κ1) is 16.2. The second-order valence-corrected chi connectivity index (χ2v) is 5.73. The fourth-order valence-electron chi connectivity index (χ4n) is 1.50. The van der Waals surface area contributed by atoms with Gasteiger partial charge in [-0.25, -0.2) is 9.59 Å². The van der Waals surface area contributed by atoms with Crippen LogP contribution in [-0.2, 0) is 9.47 Å². The third-order valence-electron chi connectivity index (χ3n) is 2.44. The SMILES string of the molecule is C=CCOC(=O)c1sc(N)c(C(=O)OCC(C)C)c1C. The van der Waals surface area contributed by atoms with Gasteiger partial charge in [-0.15, -0.1) is 11.3 Å². The lowest BCUT2D eigenvalue weighted by molar-refractivity contribution is 0.0460. The van der Waals surface area contributed by atoms with Gasteiger partial charge in [-0.2, -0.15) is 0 Å². The number of hydrogen-bond donors (Lipinski definition) is 1. The van der Waals surface area contributed by atoms with Gasteiger partial charge in [0, 0.05) is 0 Å². The molecule has 0 atom stereocenters. The molecule has 1 aromatic rings. The van der Waals surface area contributed by atoms with Gasteiger partial charge >= 0.3 is 11.9 Å². The Balaban J connectivity index is 2.93. The number of ether oxygens (including phenoxy) is 2. The van der Waals surface area contributed by atoms with E-state index in [4.69, 9.17) is 15.2 Å². The zero-order valence-electron chi connectivity index (χ0n) is 11.9. The molecule has 1 heterocycles. The maximum absolute atomic E-state index is 12.0. The second kappa shape index (κ2) is 7.09. The molecule has 0 saturated heterocycles. The molecule has 0 radical (unpaired) electrons. The monoisotopic (exact) mass is 297 g/mol. The molecular weight excluding hydrogens is 278 g/mol. The molecule has 1 rings (SSSR count). The zero-order chi connectivity index (χ0) is 15.3. The van der Waals surface area contributed by atoms with Crippen molar-refractivity contribution in [1.82, 2.24) is 0 Å². The molecular formula is C14H19NO4S. The number of nitrogen functional groups attached to an aromatic ring is 1. The van der Waals surface area contributed by atoms with E-state index < -0.39 is 11.9 Å². The van der Waals surface area contributed by atoms with Gasteiger partial charge in [0.2, 0.25) is 0 Å². The van der Waals surface area contributed by atoms with E-state index in [2.05, 4.69) is 6.58 Å². The van der Waals surface area contributed by atoms with Gasteiger partial charge in [0.05, 0.1) is 12.2 Å². The number of rotatable bonds is 6. The van der Waals surface area contributed by atoms with E-state index >= 15 is 0 Å². The Labute approximate surface area is 122 Å². The average molecular weight is 297 g/mol. The van der Waals surface area contributed by atoms with Gasteiger partial charge < -0.3 is 15.2 Å². The summed E-state index contributed by atoms with van der Waals surface area (Å²) in [5, 5.41) is 0.266. The summed E-state index contributed by atoms with van der Waals surface area (Å²) in [5.74, 6) is -0.786. The fourth-order valence-corrected chi connectivity index (χ4v) is 2.45. The number of hydrogen-bond acceptors (Lipinski definition) is 6. The van der Waals surface area contributed by atoms with Crippen molar-refractivity contribution in [2.75, 3.05) is 18.9 Å². The zero-order valence-corrected chi connectivity index (χ0v) is 12.7.